The lowest BCUT2D eigenvalue weighted by Crippen LogP contribution is -2.52. The summed E-state index contributed by atoms with van der Waals surface area (Å²) in [6.45, 7) is 5.86. The Labute approximate surface area is 133 Å². The van der Waals surface area contributed by atoms with Crippen molar-refractivity contribution < 1.29 is 9.59 Å². The fourth-order valence-corrected chi connectivity index (χ4v) is 3.63. The monoisotopic (exact) mass is 323 g/mol. The first-order valence-corrected chi connectivity index (χ1v) is 8.53. The zero-order valence-corrected chi connectivity index (χ0v) is 13.5. The molecule has 0 aliphatic carbocycles. The van der Waals surface area contributed by atoms with E-state index in [9.17, 15) is 9.59 Å². The highest BCUT2D eigenvalue weighted by Crippen LogP contribution is 2.23. The minimum Gasteiger partial charge on any atom is -0.338 e. The first kappa shape index (κ1) is 15.2. The van der Waals surface area contributed by atoms with Gasteiger partial charge < -0.3 is 15.5 Å². The average Bonchev–Trinajstić information content (AvgIpc) is 2.96. The largest absolute Gasteiger partial charge is 0.338 e. The third-order valence-corrected chi connectivity index (χ3v) is 4.92. The van der Waals surface area contributed by atoms with Crippen LogP contribution in [0.15, 0.2) is 5.38 Å². The molecule has 2 aliphatic rings. The molecule has 1 aromatic rings. The number of urea groups is 1. The number of carbonyl (C=O) groups is 2. The van der Waals surface area contributed by atoms with Gasteiger partial charge in [0.1, 0.15) is 0 Å². The van der Waals surface area contributed by atoms with Crippen LogP contribution in [0.1, 0.15) is 19.0 Å². The maximum Gasteiger partial charge on any atom is 0.323 e. The lowest BCUT2D eigenvalue weighted by Gasteiger charge is -2.33. The second-order valence-corrected chi connectivity index (χ2v) is 6.51. The van der Waals surface area contributed by atoms with Crippen molar-refractivity contribution in [2.45, 2.75) is 25.8 Å². The number of piperazine rings is 1. The molecule has 1 unspecified atom stereocenters. The lowest BCUT2D eigenvalue weighted by molar-refractivity contribution is -0.133. The molecule has 3 rings (SSSR count). The average molecular weight is 323 g/mol. The summed E-state index contributed by atoms with van der Waals surface area (Å²) in [5.74, 6) is 0.106. The molecule has 2 fully saturated rings. The van der Waals surface area contributed by atoms with Crippen LogP contribution < -0.4 is 15.5 Å². The van der Waals surface area contributed by atoms with Crippen LogP contribution in [0.5, 0.6) is 0 Å². The van der Waals surface area contributed by atoms with E-state index in [0.29, 0.717) is 24.6 Å². The highest BCUT2D eigenvalue weighted by Gasteiger charge is 2.25. The van der Waals surface area contributed by atoms with Gasteiger partial charge in [-0.25, -0.2) is 9.78 Å². The number of thiazole rings is 1. The molecule has 0 bridgehead atoms. The summed E-state index contributed by atoms with van der Waals surface area (Å²) in [5, 5.41) is 8.64. The standard InChI is InChI=1S/C14H21N5O2S/c1-10-8-15-4-6-18(10)12(20)7-11-9-22-14(17-11)19-5-2-3-16-13(19)21/h9-10,15H,2-8H2,1H3,(H,16,21). The van der Waals surface area contributed by atoms with Crippen LogP contribution in [-0.4, -0.2) is 60.6 Å². The SMILES string of the molecule is CC1CNCCN1C(=O)Cc1csc(N2CCCNC2=O)n1. The number of hydrogen-bond donors (Lipinski definition) is 2. The predicted molar refractivity (Wildman–Crippen MR) is 85.2 cm³/mol. The van der Waals surface area contributed by atoms with Crippen LogP contribution in [-0.2, 0) is 11.2 Å². The van der Waals surface area contributed by atoms with Crippen molar-refractivity contribution in [1.82, 2.24) is 20.5 Å². The molecule has 120 valence electrons. The van der Waals surface area contributed by atoms with Gasteiger partial charge in [-0.1, -0.05) is 0 Å². The number of amides is 3. The van der Waals surface area contributed by atoms with Gasteiger partial charge in [-0.3, -0.25) is 9.69 Å². The van der Waals surface area contributed by atoms with Gasteiger partial charge in [-0.15, -0.1) is 11.3 Å². The van der Waals surface area contributed by atoms with E-state index in [0.717, 1.165) is 31.7 Å². The molecule has 7 nitrogen and oxygen atoms in total. The molecular formula is C14H21N5O2S. The number of nitrogens with one attached hydrogen (secondary N) is 2. The molecule has 0 radical (unpaired) electrons. The zero-order valence-electron chi connectivity index (χ0n) is 12.7. The fraction of sp³-hybridized carbons (Fsp3) is 0.643. The third-order valence-electron chi connectivity index (χ3n) is 4.00. The second-order valence-electron chi connectivity index (χ2n) is 5.68. The topological polar surface area (TPSA) is 77.6 Å². The Morgan fingerprint density at radius 3 is 3.09 bits per heavy atom. The van der Waals surface area contributed by atoms with Gasteiger partial charge in [0.25, 0.3) is 0 Å². The van der Waals surface area contributed by atoms with E-state index in [2.05, 4.69) is 22.5 Å². The van der Waals surface area contributed by atoms with Gasteiger partial charge in [0, 0.05) is 44.1 Å². The maximum absolute atomic E-state index is 12.4. The Kier molecular flexibility index (Phi) is 4.58. The van der Waals surface area contributed by atoms with Gasteiger partial charge in [0.2, 0.25) is 5.91 Å². The van der Waals surface area contributed by atoms with Crippen molar-refractivity contribution >= 4 is 28.4 Å². The van der Waals surface area contributed by atoms with Crippen molar-refractivity contribution in [2.24, 2.45) is 0 Å². The van der Waals surface area contributed by atoms with Gasteiger partial charge in [-0.2, -0.15) is 0 Å². The molecule has 0 aromatic carbocycles. The summed E-state index contributed by atoms with van der Waals surface area (Å²) in [6, 6.07) is 0.112. The Balaban J connectivity index is 1.63. The molecular weight excluding hydrogens is 302 g/mol. The van der Waals surface area contributed by atoms with Crippen molar-refractivity contribution in [3.05, 3.63) is 11.1 Å². The lowest BCUT2D eigenvalue weighted by atomic mass is 10.2. The summed E-state index contributed by atoms with van der Waals surface area (Å²) >= 11 is 1.42. The molecule has 1 atom stereocenters. The third kappa shape index (κ3) is 3.22. The smallest absolute Gasteiger partial charge is 0.323 e. The van der Waals surface area contributed by atoms with Gasteiger partial charge >= 0.3 is 6.03 Å². The Morgan fingerprint density at radius 2 is 2.32 bits per heavy atom. The van der Waals surface area contributed by atoms with Crippen LogP contribution in [0.2, 0.25) is 0 Å². The summed E-state index contributed by atoms with van der Waals surface area (Å²) < 4.78 is 0. The van der Waals surface area contributed by atoms with Crippen LogP contribution in [0.25, 0.3) is 0 Å². The summed E-state index contributed by atoms with van der Waals surface area (Å²) in [5.41, 5.74) is 0.745. The van der Waals surface area contributed by atoms with E-state index in [1.807, 2.05) is 10.3 Å². The Hall–Kier alpha value is -1.67. The highest BCUT2D eigenvalue weighted by atomic mass is 32.1. The van der Waals surface area contributed by atoms with Crippen molar-refractivity contribution in [2.75, 3.05) is 37.6 Å². The Bertz CT molecular complexity index is 561. The van der Waals surface area contributed by atoms with Crippen LogP contribution >= 0.6 is 11.3 Å². The number of hydrogen-bond acceptors (Lipinski definition) is 5. The number of carbonyl (C=O) groups excluding carboxylic acids is 2. The quantitative estimate of drug-likeness (QED) is 0.845. The van der Waals surface area contributed by atoms with E-state index >= 15 is 0 Å². The van der Waals surface area contributed by atoms with E-state index < -0.39 is 0 Å². The minimum atomic E-state index is -0.103. The first-order chi connectivity index (χ1) is 10.6. The first-order valence-electron chi connectivity index (χ1n) is 7.65. The van der Waals surface area contributed by atoms with E-state index in [4.69, 9.17) is 0 Å². The molecule has 3 amide bonds. The van der Waals surface area contributed by atoms with Crippen LogP contribution in [0, 0.1) is 0 Å². The van der Waals surface area contributed by atoms with E-state index in [1.165, 1.54) is 11.3 Å². The van der Waals surface area contributed by atoms with Crippen LogP contribution in [0.3, 0.4) is 0 Å². The second kappa shape index (κ2) is 6.62. The molecule has 0 spiro atoms. The van der Waals surface area contributed by atoms with Crippen molar-refractivity contribution in [3.63, 3.8) is 0 Å². The van der Waals surface area contributed by atoms with Crippen molar-refractivity contribution in [1.29, 1.82) is 0 Å². The predicted octanol–water partition coefficient (Wildman–Crippen LogP) is 0.426. The molecule has 22 heavy (non-hydrogen) atoms. The number of rotatable bonds is 3. The minimum absolute atomic E-state index is 0.103. The van der Waals surface area contributed by atoms with Gasteiger partial charge in [0.05, 0.1) is 12.1 Å². The molecule has 3 heterocycles. The van der Waals surface area contributed by atoms with Gasteiger partial charge in [-0.05, 0) is 13.3 Å². The number of aromatic nitrogens is 1. The fourth-order valence-electron chi connectivity index (χ4n) is 2.78. The maximum atomic E-state index is 12.4. The van der Waals surface area contributed by atoms with Crippen LogP contribution in [0.4, 0.5) is 9.93 Å². The molecule has 2 aliphatic heterocycles. The normalized spacial score (nSPS) is 22.6. The molecule has 2 N–H and O–H groups in total. The number of nitrogens with zero attached hydrogens (tertiary/aromatic N) is 3. The summed E-state index contributed by atoms with van der Waals surface area (Å²) in [6.07, 6.45) is 1.22. The van der Waals surface area contributed by atoms with E-state index in [-0.39, 0.29) is 18.0 Å². The van der Waals surface area contributed by atoms with Gasteiger partial charge in [0.15, 0.2) is 5.13 Å². The molecule has 1 aromatic heterocycles. The zero-order chi connectivity index (χ0) is 15.5. The highest BCUT2D eigenvalue weighted by molar-refractivity contribution is 7.14. The van der Waals surface area contributed by atoms with E-state index in [1.54, 1.807) is 4.90 Å². The Morgan fingerprint density at radius 1 is 1.45 bits per heavy atom. The number of anilines is 1. The molecule has 2 saturated heterocycles. The summed E-state index contributed by atoms with van der Waals surface area (Å²) in [4.78, 5) is 32.2. The molecule has 0 saturated carbocycles. The molecule has 8 heteroatoms. The summed E-state index contributed by atoms with van der Waals surface area (Å²) in [7, 11) is 0. The van der Waals surface area contributed by atoms with Crippen molar-refractivity contribution in [3.8, 4) is 0 Å².